The van der Waals surface area contributed by atoms with Crippen LogP contribution in [0.4, 0.5) is 0 Å². The van der Waals surface area contributed by atoms with Crippen LogP contribution in [0.15, 0.2) is 164 Å². The summed E-state index contributed by atoms with van der Waals surface area (Å²) in [7, 11) is 0. The number of nitriles is 1. The van der Waals surface area contributed by atoms with E-state index in [9.17, 15) is 5.26 Å². The molecule has 0 aliphatic carbocycles. The Kier molecular flexibility index (Phi) is 6.48. The van der Waals surface area contributed by atoms with E-state index in [-0.39, 0.29) is 0 Å². The number of para-hydroxylation sites is 1. The smallest absolute Gasteiger partial charge is 0.164 e. The first kappa shape index (κ1) is 28.8. The second kappa shape index (κ2) is 11.5. The summed E-state index contributed by atoms with van der Waals surface area (Å²) in [6.45, 7) is 0. The van der Waals surface area contributed by atoms with Gasteiger partial charge in [-0.2, -0.15) is 5.26 Å². The van der Waals surface area contributed by atoms with E-state index < -0.39 is 0 Å². The summed E-state index contributed by atoms with van der Waals surface area (Å²) in [6.07, 6.45) is 0. The van der Waals surface area contributed by atoms with Crippen molar-refractivity contribution in [2.75, 3.05) is 0 Å². The number of fused-ring (bicyclic) bond motifs is 14. The van der Waals surface area contributed by atoms with Gasteiger partial charge >= 0.3 is 0 Å². The average molecular weight is 650 g/mol. The molecule has 0 unspecified atom stereocenters. The van der Waals surface area contributed by atoms with Gasteiger partial charge in [0.1, 0.15) is 0 Å². The van der Waals surface area contributed by atoms with Gasteiger partial charge in [-0.3, -0.25) is 0 Å². The molecule has 0 aliphatic rings. The molecular weight excluding hydrogens is 623 g/mol. The molecule has 7 aromatic carbocycles. The lowest BCUT2D eigenvalue weighted by Crippen LogP contribution is -1.96. The molecule has 236 valence electrons. The number of hydrogen-bond donors (Lipinski definition) is 0. The largest absolute Gasteiger partial charge is 0.309 e. The van der Waals surface area contributed by atoms with Gasteiger partial charge in [0.25, 0.3) is 0 Å². The van der Waals surface area contributed by atoms with E-state index in [1.807, 2.05) is 36.4 Å². The maximum atomic E-state index is 9.94. The van der Waals surface area contributed by atoms with E-state index in [1.165, 1.54) is 0 Å². The molecule has 5 heteroatoms. The maximum Gasteiger partial charge on any atom is 0.164 e. The molecule has 4 bridgehead atoms. The standard InChI is InChI=1S/C46H27N5/c47-28-29-19-24-42-39(25-29)41-27-33-26-40(43(41)51(42)34-13-5-2-6-14-34)36-16-8-10-18-38(36)46-49-44(48-45(50-46)37-17-9-7-15-35(33)37)32-22-20-31(21-23-32)30-11-3-1-4-12-30/h1-27H. The van der Waals surface area contributed by atoms with Crippen molar-refractivity contribution in [1.82, 2.24) is 19.5 Å². The monoisotopic (exact) mass is 649 g/mol. The lowest BCUT2D eigenvalue weighted by molar-refractivity contribution is 1.18. The Morgan fingerprint density at radius 2 is 0.980 bits per heavy atom. The molecule has 0 fully saturated rings. The van der Waals surface area contributed by atoms with Crippen molar-refractivity contribution in [3.05, 3.63) is 169 Å². The van der Waals surface area contributed by atoms with E-state index in [1.54, 1.807) is 0 Å². The first-order valence-electron chi connectivity index (χ1n) is 16.9. The quantitative estimate of drug-likeness (QED) is 0.191. The second-order valence-corrected chi connectivity index (χ2v) is 12.8. The zero-order valence-corrected chi connectivity index (χ0v) is 27.3. The fraction of sp³-hybridized carbons (Fsp3) is 0. The Hall–Kier alpha value is -7.16. The summed E-state index contributed by atoms with van der Waals surface area (Å²) >= 11 is 0. The fourth-order valence-electron chi connectivity index (χ4n) is 7.45. The van der Waals surface area contributed by atoms with Gasteiger partial charge in [-0.15, -0.1) is 0 Å². The Morgan fingerprint density at radius 3 is 1.67 bits per heavy atom. The molecule has 10 aromatic rings. The number of benzene rings is 7. The first-order valence-corrected chi connectivity index (χ1v) is 16.9. The average Bonchev–Trinajstić information content (AvgIpc) is 3.54. The van der Waals surface area contributed by atoms with Gasteiger partial charge in [0, 0.05) is 38.2 Å². The SMILES string of the molecule is N#Cc1ccc2c(c1)c1cc3cc(c4ccccc4c4nc(-c5ccc(-c6ccccc6)cc5)nc(n4)c4ccccc34)c1n2-c1ccccc1. The van der Waals surface area contributed by atoms with Crippen LogP contribution in [0.5, 0.6) is 0 Å². The van der Waals surface area contributed by atoms with E-state index in [0.717, 1.165) is 76.5 Å². The Morgan fingerprint density at radius 1 is 0.431 bits per heavy atom. The van der Waals surface area contributed by atoms with Crippen LogP contribution in [0.1, 0.15) is 5.56 Å². The molecule has 0 saturated heterocycles. The molecule has 10 rings (SSSR count). The lowest BCUT2D eigenvalue weighted by atomic mass is 10.00. The third-order valence-corrected chi connectivity index (χ3v) is 9.83. The summed E-state index contributed by atoms with van der Waals surface area (Å²) in [4.78, 5) is 15.5. The highest BCUT2D eigenvalue weighted by Gasteiger charge is 2.18. The van der Waals surface area contributed by atoms with E-state index in [4.69, 9.17) is 15.0 Å². The molecule has 0 amide bonds. The highest BCUT2D eigenvalue weighted by molar-refractivity contribution is 6.24. The van der Waals surface area contributed by atoms with Crippen LogP contribution in [0.3, 0.4) is 0 Å². The second-order valence-electron chi connectivity index (χ2n) is 12.8. The van der Waals surface area contributed by atoms with Crippen molar-refractivity contribution in [3.63, 3.8) is 0 Å². The van der Waals surface area contributed by atoms with Gasteiger partial charge in [0.05, 0.1) is 22.7 Å². The molecule has 0 radical (unpaired) electrons. The summed E-state index contributed by atoms with van der Waals surface area (Å²) in [5, 5.41) is 18.0. The first-order chi connectivity index (χ1) is 25.2. The van der Waals surface area contributed by atoms with Crippen molar-refractivity contribution in [2.45, 2.75) is 0 Å². The van der Waals surface area contributed by atoms with Gasteiger partial charge in [-0.1, -0.05) is 121 Å². The Labute approximate surface area is 293 Å². The number of rotatable bonds is 3. The molecule has 3 aromatic heterocycles. The number of aromatic nitrogens is 4. The summed E-state index contributed by atoms with van der Waals surface area (Å²) < 4.78 is 2.32. The highest BCUT2D eigenvalue weighted by atomic mass is 15.0. The Bertz CT molecular complexity index is 3070. The molecule has 5 nitrogen and oxygen atoms in total. The third-order valence-electron chi connectivity index (χ3n) is 9.83. The van der Waals surface area contributed by atoms with Crippen LogP contribution in [-0.2, 0) is 0 Å². The molecule has 51 heavy (non-hydrogen) atoms. The molecule has 0 aliphatic heterocycles. The summed E-state index contributed by atoms with van der Waals surface area (Å²) in [6, 6.07) is 58.8. The minimum atomic E-state index is 0.613. The van der Waals surface area contributed by atoms with Crippen LogP contribution in [0.25, 0.3) is 93.6 Å². The van der Waals surface area contributed by atoms with E-state index in [2.05, 4.69) is 138 Å². The molecule has 0 saturated carbocycles. The Balaban J connectivity index is 1.39. The van der Waals surface area contributed by atoms with Crippen LogP contribution >= 0.6 is 0 Å². The third kappa shape index (κ3) is 4.66. The van der Waals surface area contributed by atoms with Crippen molar-refractivity contribution in [1.29, 1.82) is 5.26 Å². The predicted octanol–water partition coefficient (Wildman–Crippen LogP) is 11.3. The molecule has 0 spiro atoms. The molecule has 3 heterocycles. The highest BCUT2D eigenvalue weighted by Crippen LogP contribution is 2.40. The molecular formula is C46H27N5. The molecule has 0 atom stereocenters. The van der Waals surface area contributed by atoms with Gasteiger partial charge in [0.15, 0.2) is 17.1 Å². The summed E-state index contributed by atoms with van der Waals surface area (Å²) in [5.74, 6) is 0.621. The van der Waals surface area contributed by atoms with Crippen LogP contribution in [-0.4, -0.2) is 19.5 Å². The predicted molar refractivity (Wildman–Crippen MR) is 209 cm³/mol. The van der Waals surface area contributed by atoms with Gasteiger partial charge in [-0.05, 0) is 69.8 Å². The zero-order chi connectivity index (χ0) is 33.9. The van der Waals surface area contributed by atoms with Crippen molar-refractivity contribution in [2.24, 2.45) is 0 Å². The molecule has 0 N–H and O–H groups in total. The van der Waals surface area contributed by atoms with Gasteiger partial charge in [0.2, 0.25) is 0 Å². The van der Waals surface area contributed by atoms with Gasteiger partial charge < -0.3 is 4.57 Å². The zero-order valence-electron chi connectivity index (χ0n) is 27.3. The number of hydrogen-bond acceptors (Lipinski definition) is 4. The fourth-order valence-corrected chi connectivity index (χ4v) is 7.45. The lowest BCUT2D eigenvalue weighted by Gasteiger charge is -2.11. The maximum absolute atomic E-state index is 9.94. The van der Waals surface area contributed by atoms with Crippen molar-refractivity contribution in [3.8, 4) is 34.3 Å². The van der Waals surface area contributed by atoms with E-state index in [0.29, 0.717) is 22.7 Å². The normalized spacial score (nSPS) is 11.5. The van der Waals surface area contributed by atoms with Crippen molar-refractivity contribution < 1.29 is 0 Å². The number of nitrogens with zero attached hydrogens (tertiary/aromatic N) is 5. The van der Waals surface area contributed by atoms with Crippen LogP contribution in [0, 0.1) is 11.3 Å². The van der Waals surface area contributed by atoms with Gasteiger partial charge in [-0.25, -0.2) is 15.0 Å². The minimum Gasteiger partial charge on any atom is -0.309 e. The van der Waals surface area contributed by atoms with Crippen LogP contribution in [0.2, 0.25) is 0 Å². The topological polar surface area (TPSA) is 67.4 Å². The van der Waals surface area contributed by atoms with Crippen molar-refractivity contribution >= 4 is 65.4 Å². The van der Waals surface area contributed by atoms with Crippen LogP contribution < -0.4 is 0 Å². The summed E-state index contributed by atoms with van der Waals surface area (Å²) in [5.41, 5.74) is 8.22. The minimum absolute atomic E-state index is 0.613. The van der Waals surface area contributed by atoms with E-state index >= 15 is 0 Å².